The number of anilines is 2. The molecule has 0 unspecified atom stereocenters. The van der Waals surface area contributed by atoms with Crippen LogP contribution in [0.5, 0.6) is 0 Å². The molecule has 5 rings (SSSR count). The number of aryl methyl sites for hydroxylation is 2. The fraction of sp³-hybridized carbons (Fsp3) is 0.148. The van der Waals surface area contributed by atoms with E-state index in [-0.39, 0.29) is 0 Å². The molecule has 0 saturated heterocycles. The maximum atomic E-state index is 12.4. The van der Waals surface area contributed by atoms with Crippen LogP contribution in [-0.4, -0.2) is 32.8 Å². The minimum absolute atomic E-state index is 0.626. The molecule has 8 heteroatoms. The van der Waals surface area contributed by atoms with Gasteiger partial charge in [-0.2, -0.15) is 0 Å². The minimum Gasteiger partial charge on any atom is -0.338 e. The van der Waals surface area contributed by atoms with Crippen molar-refractivity contribution in [1.82, 2.24) is 19.5 Å². The van der Waals surface area contributed by atoms with E-state index in [2.05, 4.69) is 48.4 Å². The summed E-state index contributed by atoms with van der Waals surface area (Å²) in [6.45, 7) is 7.77. The molecule has 5 aromatic rings. The van der Waals surface area contributed by atoms with Crippen LogP contribution in [0.3, 0.4) is 0 Å². The highest BCUT2D eigenvalue weighted by Crippen LogP contribution is 2.35. The number of hydrogen-bond acceptors (Lipinski definition) is 6. The average Bonchev–Trinajstić information content (AvgIpc) is 3.49. The fourth-order valence-corrected chi connectivity index (χ4v) is 5.44. The first kappa shape index (κ1) is 23.2. The molecule has 0 amide bonds. The monoisotopic (exact) mass is 499 g/mol. The zero-order valence-electron chi connectivity index (χ0n) is 20.1. The van der Waals surface area contributed by atoms with E-state index in [1.54, 1.807) is 31.0 Å². The lowest BCUT2D eigenvalue weighted by Crippen LogP contribution is -2.04. The highest BCUT2D eigenvalue weighted by molar-refractivity contribution is 7.70. The van der Waals surface area contributed by atoms with Crippen LogP contribution in [-0.2, 0) is 4.57 Å². The van der Waals surface area contributed by atoms with E-state index in [0.717, 1.165) is 21.5 Å². The molecule has 0 bridgehead atoms. The Morgan fingerprint density at radius 2 is 1.71 bits per heavy atom. The van der Waals surface area contributed by atoms with Crippen molar-refractivity contribution in [2.45, 2.75) is 13.8 Å². The van der Waals surface area contributed by atoms with Crippen LogP contribution < -0.4 is 10.6 Å². The minimum atomic E-state index is -2.31. The molecule has 176 valence electrons. The van der Waals surface area contributed by atoms with Crippen molar-refractivity contribution in [2.75, 3.05) is 18.6 Å². The number of nitrogens with one attached hydrogen (secondary N) is 1. The van der Waals surface area contributed by atoms with E-state index in [0.29, 0.717) is 17.2 Å². The third-order valence-electron chi connectivity index (χ3n) is 5.86. The van der Waals surface area contributed by atoms with Crippen molar-refractivity contribution in [3.8, 4) is 10.7 Å². The van der Waals surface area contributed by atoms with Gasteiger partial charge in [0, 0.05) is 17.2 Å². The van der Waals surface area contributed by atoms with Gasteiger partial charge >= 0.3 is 0 Å². The molecule has 0 aliphatic rings. The number of hydrogen-bond donors (Lipinski definition) is 1. The summed E-state index contributed by atoms with van der Waals surface area (Å²) in [5.74, 6) is 1.27. The van der Waals surface area contributed by atoms with Crippen LogP contribution in [0, 0.1) is 13.8 Å². The maximum Gasteiger partial charge on any atom is 0.174 e. The molecule has 0 radical (unpaired) electrons. The predicted octanol–water partition coefficient (Wildman–Crippen LogP) is 6.79. The van der Waals surface area contributed by atoms with E-state index in [9.17, 15) is 4.57 Å². The van der Waals surface area contributed by atoms with Crippen molar-refractivity contribution in [3.05, 3.63) is 83.0 Å². The first-order chi connectivity index (χ1) is 16.8. The second kappa shape index (κ2) is 9.25. The van der Waals surface area contributed by atoms with Crippen molar-refractivity contribution >= 4 is 58.7 Å². The Hall–Kier alpha value is -3.54. The van der Waals surface area contributed by atoms with E-state index in [4.69, 9.17) is 9.97 Å². The number of fused-ring (bicyclic) bond motifs is 1. The summed E-state index contributed by atoms with van der Waals surface area (Å²) in [4.78, 5) is 15.3. The summed E-state index contributed by atoms with van der Waals surface area (Å²) in [6.07, 6.45) is 5.85. The molecule has 1 N–H and O–H groups in total. The Bertz CT molecular complexity index is 1560. The van der Waals surface area contributed by atoms with Gasteiger partial charge in [-0.3, -0.25) is 4.57 Å². The Labute approximate surface area is 208 Å². The van der Waals surface area contributed by atoms with Gasteiger partial charge in [0.1, 0.15) is 13.5 Å². The molecule has 0 saturated carbocycles. The third-order valence-corrected chi connectivity index (χ3v) is 8.27. The lowest BCUT2D eigenvalue weighted by Gasteiger charge is -2.11. The van der Waals surface area contributed by atoms with Gasteiger partial charge in [0.25, 0.3) is 0 Å². The Kier molecular flexibility index (Phi) is 6.13. The third kappa shape index (κ3) is 4.83. The molecule has 3 aromatic heterocycles. The number of nitrogens with zero attached hydrogens (tertiary/aromatic N) is 4. The molecule has 2 aromatic carbocycles. The molecule has 0 spiro atoms. The number of imidazole rings is 1. The van der Waals surface area contributed by atoms with Crippen LogP contribution >= 0.6 is 18.5 Å². The quantitative estimate of drug-likeness (QED) is 0.260. The van der Waals surface area contributed by atoms with Gasteiger partial charge in [-0.15, -0.1) is 11.3 Å². The molecule has 35 heavy (non-hydrogen) atoms. The standard InChI is InChI=1S/C27H26N5OPS/c1-18-7-5-8-19(2)22(18)14-15-32-17-28-24-26(29-20-10-12-21(13-11-20)34(3,4)33)30-25(31-27(24)32)23-9-6-16-35-23/h5-17H,1-4H3,(H,29,30,31)/b15-14+. The zero-order valence-corrected chi connectivity index (χ0v) is 21.8. The Morgan fingerprint density at radius 1 is 0.971 bits per heavy atom. The van der Waals surface area contributed by atoms with Gasteiger partial charge in [-0.05, 0) is 85.7 Å². The second-order valence-electron chi connectivity index (χ2n) is 8.84. The SMILES string of the molecule is Cc1cccc(C)c1/C=C/n1cnc2c(Nc3ccc(P(C)(C)=O)cc3)nc(-c3cccs3)nc21. The topological polar surface area (TPSA) is 72.7 Å². The summed E-state index contributed by atoms with van der Waals surface area (Å²) in [7, 11) is -2.31. The van der Waals surface area contributed by atoms with Crippen molar-refractivity contribution in [2.24, 2.45) is 0 Å². The summed E-state index contributed by atoms with van der Waals surface area (Å²) in [6, 6.07) is 17.9. The van der Waals surface area contributed by atoms with E-state index in [1.165, 1.54) is 16.7 Å². The Morgan fingerprint density at radius 3 is 2.37 bits per heavy atom. The molecule has 3 heterocycles. The predicted molar refractivity (Wildman–Crippen MR) is 149 cm³/mol. The van der Waals surface area contributed by atoms with Crippen LogP contribution in [0.15, 0.2) is 66.3 Å². The van der Waals surface area contributed by atoms with Crippen LogP contribution in [0.1, 0.15) is 16.7 Å². The highest BCUT2D eigenvalue weighted by Gasteiger charge is 2.16. The molecule has 0 aliphatic carbocycles. The van der Waals surface area contributed by atoms with Gasteiger partial charge in [0.2, 0.25) is 0 Å². The lowest BCUT2D eigenvalue weighted by atomic mass is 10.0. The van der Waals surface area contributed by atoms with Crippen LogP contribution in [0.2, 0.25) is 0 Å². The maximum absolute atomic E-state index is 12.4. The fourth-order valence-electron chi connectivity index (χ4n) is 3.91. The van der Waals surface area contributed by atoms with E-state index < -0.39 is 7.14 Å². The summed E-state index contributed by atoms with van der Waals surface area (Å²) in [5.41, 5.74) is 5.86. The van der Waals surface area contributed by atoms with Crippen molar-refractivity contribution in [1.29, 1.82) is 0 Å². The van der Waals surface area contributed by atoms with Crippen molar-refractivity contribution < 1.29 is 4.57 Å². The largest absolute Gasteiger partial charge is 0.338 e. The number of aromatic nitrogens is 4. The van der Waals surface area contributed by atoms with E-state index in [1.807, 2.05) is 52.5 Å². The normalized spacial score (nSPS) is 12.0. The first-order valence-electron chi connectivity index (χ1n) is 11.2. The van der Waals surface area contributed by atoms with E-state index >= 15 is 0 Å². The van der Waals surface area contributed by atoms with Crippen molar-refractivity contribution in [3.63, 3.8) is 0 Å². The van der Waals surface area contributed by atoms with Gasteiger partial charge in [-0.1, -0.05) is 24.3 Å². The molecular weight excluding hydrogens is 473 g/mol. The zero-order chi connectivity index (χ0) is 24.6. The molecule has 0 atom stereocenters. The number of thiophene rings is 1. The first-order valence-corrected chi connectivity index (χ1v) is 14.7. The van der Waals surface area contributed by atoms with Gasteiger partial charge in [0.15, 0.2) is 22.8 Å². The van der Waals surface area contributed by atoms with Crippen LogP contribution in [0.25, 0.3) is 34.1 Å². The summed E-state index contributed by atoms with van der Waals surface area (Å²) in [5, 5.41) is 6.26. The lowest BCUT2D eigenvalue weighted by molar-refractivity contribution is 0.588. The highest BCUT2D eigenvalue weighted by atomic mass is 32.1. The number of rotatable bonds is 6. The molecule has 0 fully saturated rings. The second-order valence-corrected chi connectivity index (χ2v) is 13.0. The average molecular weight is 500 g/mol. The van der Waals surface area contributed by atoms with Gasteiger partial charge < -0.3 is 9.88 Å². The number of benzene rings is 2. The smallest absolute Gasteiger partial charge is 0.174 e. The molecule has 0 aliphatic heterocycles. The molecular formula is C27H26N5OPS. The van der Waals surface area contributed by atoms with Gasteiger partial charge in [-0.25, -0.2) is 15.0 Å². The Balaban J connectivity index is 1.58. The summed E-state index contributed by atoms with van der Waals surface area (Å²) >= 11 is 1.60. The van der Waals surface area contributed by atoms with Crippen LogP contribution in [0.4, 0.5) is 11.5 Å². The van der Waals surface area contributed by atoms with Gasteiger partial charge in [0.05, 0.1) is 4.88 Å². The molecule has 6 nitrogen and oxygen atoms in total. The summed E-state index contributed by atoms with van der Waals surface area (Å²) < 4.78 is 14.3.